The molecular weight excluding hydrogens is 905 g/mol. The smallest absolute Gasteiger partial charge is 0.338 e. The van der Waals surface area contributed by atoms with Gasteiger partial charge in [-0.05, 0) is 124 Å². The molecule has 0 saturated carbocycles. The standard InChI is InChI=1S/C22H19F3N4O2.C13H7F3O3.C9H14N4.2ClH/c23-14-1-3-15(4-2-14)31-20-12-17(24)16(11-18(20)25)22(30)29-9-7-13(8-10-29)19-5-6-21(26)28-27-19;14-7-1-3-8(4-2-7)19-12-6-10(15)9(13(17)18)5-11(12)16;10-9-2-1-8(12-13-9)7-3-5-11-6-4-7;;/h1-6,11-13H,7-10H2,(H2,26,28);1-6H,(H,17,18);1-2,7,11H,3-6H2,(H2,10,13);2*1H. The van der Waals surface area contributed by atoms with Gasteiger partial charge in [-0.3, -0.25) is 4.79 Å². The predicted molar refractivity (Wildman–Crippen MR) is 233 cm³/mol. The molecule has 0 bridgehead atoms. The van der Waals surface area contributed by atoms with Crippen molar-refractivity contribution in [1.29, 1.82) is 0 Å². The summed E-state index contributed by atoms with van der Waals surface area (Å²) in [6, 6.07) is 19.6. The molecule has 0 spiro atoms. The Kier molecular flexibility index (Phi) is 18.7. The second-order valence-corrected chi connectivity index (χ2v) is 14.3. The van der Waals surface area contributed by atoms with Crippen molar-refractivity contribution in [2.45, 2.75) is 37.5 Å². The van der Waals surface area contributed by atoms with E-state index < -0.39 is 58.1 Å². The van der Waals surface area contributed by atoms with Crippen LogP contribution in [0.25, 0.3) is 0 Å². The van der Waals surface area contributed by atoms with E-state index in [2.05, 4.69) is 25.7 Å². The summed E-state index contributed by atoms with van der Waals surface area (Å²) in [6.07, 6.45) is 3.55. The minimum absolute atomic E-state index is 0. The van der Waals surface area contributed by atoms with E-state index in [1.807, 2.05) is 12.1 Å². The van der Waals surface area contributed by atoms with Gasteiger partial charge in [-0.25, -0.2) is 31.1 Å². The molecule has 0 unspecified atom stereocenters. The van der Waals surface area contributed by atoms with E-state index in [0.29, 0.717) is 55.6 Å². The Hall–Kier alpha value is -6.70. The van der Waals surface area contributed by atoms with Crippen LogP contribution in [0.1, 0.15) is 69.6 Å². The molecule has 2 aliphatic heterocycles. The number of hydrogen-bond acceptors (Lipinski definition) is 11. The number of nitrogens with two attached hydrogens (primary N) is 2. The van der Waals surface area contributed by atoms with Crippen LogP contribution in [0.2, 0.25) is 0 Å². The summed E-state index contributed by atoms with van der Waals surface area (Å²) in [6.45, 7) is 2.92. The normalized spacial score (nSPS) is 13.7. The van der Waals surface area contributed by atoms with Crippen molar-refractivity contribution in [2.24, 2.45) is 0 Å². The number of piperidine rings is 2. The van der Waals surface area contributed by atoms with Crippen molar-refractivity contribution in [3.63, 3.8) is 0 Å². The Bertz CT molecular complexity index is 2500. The van der Waals surface area contributed by atoms with E-state index in [0.717, 1.165) is 73.7 Å². The summed E-state index contributed by atoms with van der Waals surface area (Å²) in [5, 5.41) is 27.8. The van der Waals surface area contributed by atoms with E-state index >= 15 is 0 Å². The molecule has 6 N–H and O–H groups in total. The summed E-state index contributed by atoms with van der Waals surface area (Å²) < 4.78 is 91.9. The molecule has 2 fully saturated rings. The van der Waals surface area contributed by atoms with Crippen molar-refractivity contribution in [3.8, 4) is 23.0 Å². The number of amides is 1. The zero-order valence-electron chi connectivity index (χ0n) is 34.1. The highest BCUT2D eigenvalue weighted by atomic mass is 35.5. The van der Waals surface area contributed by atoms with Crippen LogP contribution in [0.3, 0.4) is 0 Å². The third kappa shape index (κ3) is 14.1. The van der Waals surface area contributed by atoms with Crippen LogP contribution in [-0.2, 0) is 0 Å². The molecule has 1 amide bonds. The second-order valence-electron chi connectivity index (χ2n) is 14.3. The van der Waals surface area contributed by atoms with Crippen LogP contribution in [0, 0.1) is 34.9 Å². The monoisotopic (exact) mass is 946 g/mol. The van der Waals surface area contributed by atoms with Gasteiger partial charge in [-0.1, -0.05) is 0 Å². The largest absolute Gasteiger partial charge is 0.478 e. The first kappa shape index (κ1) is 50.9. The van der Waals surface area contributed by atoms with E-state index in [-0.39, 0.29) is 53.5 Å². The number of halogens is 8. The molecule has 4 heterocycles. The average molecular weight is 948 g/mol. The summed E-state index contributed by atoms with van der Waals surface area (Å²) in [5.41, 5.74) is 11.7. The average Bonchev–Trinajstić information content (AvgIpc) is 3.28. The number of benzene rings is 4. The van der Waals surface area contributed by atoms with Crippen molar-refractivity contribution < 1.29 is 50.5 Å². The highest BCUT2D eigenvalue weighted by molar-refractivity contribution is 5.94. The Labute approximate surface area is 381 Å². The first-order valence-corrected chi connectivity index (χ1v) is 19.5. The minimum Gasteiger partial charge on any atom is -0.478 e. The molecule has 21 heteroatoms. The molecule has 8 rings (SSSR count). The lowest BCUT2D eigenvalue weighted by Crippen LogP contribution is -2.38. The van der Waals surface area contributed by atoms with Gasteiger partial charge in [0.25, 0.3) is 5.91 Å². The van der Waals surface area contributed by atoms with E-state index in [4.69, 9.17) is 26.0 Å². The number of anilines is 2. The maximum atomic E-state index is 14.6. The fourth-order valence-corrected chi connectivity index (χ4v) is 6.61. The van der Waals surface area contributed by atoms with Crippen LogP contribution in [0.4, 0.5) is 38.0 Å². The molecule has 13 nitrogen and oxygen atoms in total. The quantitative estimate of drug-likeness (QED) is 0.106. The number of carboxylic acid groups (broad SMARTS) is 1. The van der Waals surface area contributed by atoms with Crippen molar-refractivity contribution in [1.82, 2.24) is 30.6 Å². The Balaban J connectivity index is 0.000000232. The SMILES string of the molecule is Cl.Cl.Nc1ccc(C2CCN(C(=O)c3cc(F)c(Oc4ccc(F)cc4)cc3F)CC2)nn1.Nc1ccc(C2CCNCC2)nn1.O=C(O)c1cc(F)c(Oc2ccc(F)cc2)cc1F. The predicted octanol–water partition coefficient (Wildman–Crippen LogP) is 9.25. The molecular formula is C44H42Cl2F6N8O5. The van der Waals surface area contributed by atoms with Crippen LogP contribution < -0.4 is 26.3 Å². The molecule has 0 radical (unpaired) electrons. The van der Waals surface area contributed by atoms with E-state index in [9.17, 15) is 35.9 Å². The maximum absolute atomic E-state index is 14.6. The van der Waals surface area contributed by atoms with Crippen molar-refractivity contribution >= 4 is 48.3 Å². The molecule has 4 aromatic carbocycles. The molecule has 2 aliphatic rings. The number of carbonyl (C=O) groups excluding carboxylic acids is 1. The van der Waals surface area contributed by atoms with Gasteiger partial charge < -0.3 is 36.3 Å². The number of likely N-dealkylation sites (tertiary alicyclic amines) is 1. The molecule has 65 heavy (non-hydrogen) atoms. The second kappa shape index (κ2) is 23.8. The topological polar surface area (TPSA) is 192 Å². The molecule has 0 atom stereocenters. The molecule has 2 saturated heterocycles. The van der Waals surface area contributed by atoms with Gasteiger partial charge in [-0.2, -0.15) is 10.2 Å². The lowest BCUT2D eigenvalue weighted by atomic mass is 9.93. The number of hydrogen-bond donors (Lipinski definition) is 4. The Morgan fingerprint density at radius 2 is 0.985 bits per heavy atom. The number of aromatic carboxylic acids is 1. The zero-order chi connectivity index (χ0) is 45.0. The summed E-state index contributed by atoms with van der Waals surface area (Å²) in [5.74, 6) is -6.18. The van der Waals surface area contributed by atoms with Gasteiger partial charge in [0, 0.05) is 37.1 Å². The van der Waals surface area contributed by atoms with Gasteiger partial charge in [0.2, 0.25) is 0 Å². The van der Waals surface area contributed by atoms with Crippen molar-refractivity contribution in [3.05, 3.63) is 154 Å². The molecule has 2 aromatic heterocycles. The summed E-state index contributed by atoms with van der Waals surface area (Å²) >= 11 is 0. The Morgan fingerprint density at radius 3 is 1.40 bits per heavy atom. The maximum Gasteiger partial charge on any atom is 0.338 e. The summed E-state index contributed by atoms with van der Waals surface area (Å²) in [4.78, 5) is 24.8. The van der Waals surface area contributed by atoms with Gasteiger partial charge in [-0.15, -0.1) is 35.0 Å². The zero-order valence-corrected chi connectivity index (χ0v) is 35.7. The van der Waals surface area contributed by atoms with Crippen molar-refractivity contribution in [2.75, 3.05) is 37.6 Å². The number of aromatic nitrogens is 4. The van der Waals surface area contributed by atoms with E-state index in [1.165, 1.54) is 29.2 Å². The fraction of sp³-hybridized carbons (Fsp3) is 0.227. The number of nitrogens with one attached hydrogen (secondary N) is 1. The number of ether oxygens (including phenoxy) is 2. The Morgan fingerprint density at radius 1 is 0.569 bits per heavy atom. The van der Waals surface area contributed by atoms with Crippen LogP contribution in [0.15, 0.2) is 97.1 Å². The lowest BCUT2D eigenvalue weighted by molar-refractivity contribution is 0.0686. The van der Waals surface area contributed by atoms with Gasteiger partial charge in [0.15, 0.2) is 23.1 Å². The minimum atomic E-state index is -1.58. The first-order valence-electron chi connectivity index (χ1n) is 19.5. The number of nitrogen functional groups attached to an aromatic ring is 2. The van der Waals surface area contributed by atoms with Gasteiger partial charge in [0.05, 0.1) is 22.5 Å². The third-order valence-electron chi connectivity index (χ3n) is 9.96. The van der Waals surface area contributed by atoms with E-state index in [1.54, 1.807) is 12.1 Å². The lowest BCUT2D eigenvalue weighted by Gasteiger charge is -2.31. The highest BCUT2D eigenvalue weighted by Gasteiger charge is 2.28. The number of rotatable bonds is 8. The fourth-order valence-electron chi connectivity index (χ4n) is 6.61. The van der Waals surface area contributed by atoms with Gasteiger partial charge in [0.1, 0.15) is 46.4 Å². The third-order valence-corrected chi connectivity index (χ3v) is 9.96. The molecule has 344 valence electrons. The van der Waals surface area contributed by atoms with Crippen LogP contribution in [-0.4, -0.2) is 68.5 Å². The van der Waals surface area contributed by atoms with Crippen LogP contribution >= 0.6 is 24.8 Å². The van der Waals surface area contributed by atoms with Gasteiger partial charge >= 0.3 is 5.97 Å². The number of nitrogens with zero attached hydrogens (tertiary/aromatic N) is 5. The molecule has 0 aliphatic carbocycles. The summed E-state index contributed by atoms with van der Waals surface area (Å²) in [7, 11) is 0. The number of carbonyl (C=O) groups is 2. The number of carboxylic acids is 1. The first-order chi connectivity index (χ1) is 30.2. The molecule has 6 aromatic rings. The van der Waals surface area contributed by atoms with Crippen LogP contribution in [0.5, 0.6) is 23.0 Å². The highest BCUT2D eigenvalue weighted by Crippen LogP contribution is 2.31.